The number of rotatable bonds is 4. The van der Waals surface area contributed by atoms with E-state index < -0.39 is 11.6 Å². The maximum atomic E-state index is 13.1. The lowest BCUT2D eigenvalue weighted by molar-refractivity contribution is 0.420. The van der Waals surface area contributed by atoms with Crippen LogP contribution < -0.4 is 0 Å². The molecular formula is C12H11ClF2N2O. The van der Waals surface area contributed by atoms with Crippen LogP contribution in [0, 0.1) is 11.6 Å². The van der Waals surface area contributed by atoms with Crippen molar-refractivity contribution in [3.63, 3.8) is 0 Å². The lowest BCUT2D eigenvalue weighted by Crippen LogP contribution is -1.92. The first kappa shape index (κ1) is 13.0. The van der Waals surface area contributed by atoms with Gasteiger partial charge in [0, 0.05) is 5.56 Å². The van der Waals surface area contributed by atoms with Gasteiger partial charge in [-0.1, -0.05) is 18.5 Å². The van der Waals surface area contributed by atoms with Gasteiger partial charge in [0.2, 0.25) is 0 Å². The summed E-state index contributed by atoms with van der Waals surface area (Å²) in [5.41, 5.74) is 0.327. The summed E-state index contributed by atoms with van der Waals surface area (Å²) in [6.07, 6.45) is 1.61. The Labute approximate surface area is 108 Å². The van der Waals surface area contributed by atoms with Crippen LogP contribution in [0.2, 0.25) is 0 Å². The number of alkyl halides is 1. The third kappa shape index (κ3) is 2.67. The van der Waals surface area contributed by atoms with Crippen molar-refractivity contribution in [3.8, 4) is 11.5 Å². The molecule has 0 saturated heterocycles. The molecule has 1 heterocycles. The molecular weight excluding hydrogens is 262 g/mol. The third-order valence-electron chi connectivity index (χ3n) is 2.43. The van der Waals surface area contributed by atoms with Crippen molar-refractivity contribution in [2.24, 2.45) is 0 Å². The average molecular weight is 273 g/mol. The molecule has 0 amide bonds. The molecule has 6 heteroatoms. The summed E-state index contributed by atoms with van der Waals surface area (Å²) < 4.78 is 30.8. The van der Waals surface area contributed by atoms with Crippen LogP contribution in [-0.4, -0.2) is 10.1 Å². The highest BCUT2D eigenvalue weighted by atomic mass is 35.5. The smallest absolute Gasteiger partial charge is 0.258 e. The minimum absolute atomic E-state index is 0.130. The fourth-order valence-corrected chi connectivity index (χ4v) is 1.80. The molecule has 96 valence electrons. The zero-order valence-electron chi connectivity index (χ0n) is 9.66. The van der Waals surface area contributed by atoms with E-state index >= 15 is 0 Å². The number of nitrogens with zero attached hydrogens (tertiary/aromatic N) is 2. The van der Waals surface area contributed by atoms with Crippen LogP contribution in [0.25, 0.3) is 11.5 Å². The first-order chi connectivity index (χ1) is 8.61. The van der Waals surface area contributed by atoms with E-state index in [0.29, 0.717) is 11.4 Å². The zero-order valence-corrected chi connectivity index (χ0v) is 10.4. The maximum Gasteiger partial charge on any atom is 0.258 e. The first-order valence-electron chi connectivity index (χ1n) is 5.55. The van der Waals surface area contributed by atoms with Crippen molar-refractivity contribution >= 4 is 11.6 Å². The average Bonchev–Trinajstić information content (AvgIpc) is 2.82. The second-order valence-corrected chi connectivity index (χ2v) is 4.37. The molecule has 3 nitrogen and oxygen atoms in total. The molecule has 2 aromatic rings. The topological polar surface area (TPSA) is 38.9 Å². The maximum absolute atomic E-state index is 13.1. The van der Waals surface area contributed by atoms with Crippen LogP contribution in [0.1, 0.15) is 31.0 Å². The van der Waals surface area contributed by atoms with E-state index in [1.165, 1.54) is 6.07 Å². The molecule has 1 unspecified atom stereocenters. The summed E-state index contributed by atoms with van der Waals surface area (Å²) >= 11 is 6.04. The highest BCUT2D eigenvalue weighted by Crippen LogP contribution is 2.26. The molecule has 0 aliphatic carbocycles. The fraction of sp³-hybridized carbons (Fsp3) is 0.333. The fourth-order valence-electron chi connectivity index (χ4n) is 1.49. The van der Waals surface area contributed by atoms with Crippen molar-refractivity contribution in [2.75, 3.05) is 0 Å². The van der Waals surface area contributed by atoms with Gasteiger partial charge in [0.25, 0.3) is 5.89 Å². The molecule has 0 aliphatic heterocycles. The zero-order chi connectivity index (χ0) is 13.1. The van der Waals surface area contributed by atoms with Crippen LogP contribution in [0.5, 0.6) is 0 Å². The number of halogens is 3. The Morgan fingerprint density at radius 2 is 2.11 bits per heavy atom. The van der Waals surface area contributed by atoms with Gasteiger partial charge < -0.3 is 4.52 Å². The standard InChI is InChI=1S/C12H11ClF2N2O/c1-2-3-8(13)11-16-12(18-17-11)7-4-5-9(14)10(15)6-7/h4-6,8H,2-3H2,1H3. The molecule has 1 aromatic carbocycles. The van der Waals surface area contributed by atoms with Gasteiger partial charge in [0.1, 0.15) is 0 Å². The van der Waals surface area contributed by atoms with E-state index in [9.17, 15) is 8.78 Å². The molecule has 1 aromatic heterocycles. The molecule has 0 saturated carbocycles. The molecule has 18 heavy (non-hydrogen) atoms. The predicted molar refractivity (Wildman–Crippen MR) is 63.2 cm³/mol. The van der Waals surface area contributed by atoms with Gasteiger partial charge in [-0.25, -0.2) is 8.78 Å². The largest absolute Gasteiger partial charge is 0.334 e. The summed E-state index contributed by atoms with van der Waals surface area (Å²) in [5.74, 6) is -1.38. The van der Waals surface area contributed by atoms with Crippen LogP contribution in [-0.2, 0) is 0 Å². The van der Waals surface area contributed by atoms with E-state index in [1.807, 2.05) is 6.92 Å². The van der Waals surface area contributed by atoms with Gasteiger partial charge in [0.05, 0.1) is 5.38 Å². The highest BCUT2D eigenvalue weighted by Gasteiger charge is 2.16. The Kier molecular flexibility index (Phi) is 3.91. The molecule has 0 N–H and O–H groups in total. The molecule has 0 bridgehead atoms. The summed E-state index contributed by atoms with van der Waals surface area (Å²) in [7, 11) is 0. The first-order valence-corrected chi connectivity index (χ1v) is 5.98. The van der Waals surface area contributed by atoms with Gasteiger partial charge in [-0.2, -0.15) is 4.98 Å². The van der Waals surface area contributed by atoms with Crippen LogP contribution in [0.4, 0.5) is 8.78 Å². The summed E-state index contributed by atoms with van der Waals surface area (Å²) in [4.78, 5) is 4.07. The van der Waals surface area contributed by atoms with E-state index in [-0.39, 0.29) is 11.3 Å². The summed E-state index contributed by atoms with van der Waals surface area (Å²) in [6, 6.07) is 3.40. The lowest BCUT2D eigenvalue weighted by atomic mass is 10.2. The van der Waals surface area contributed by atoms with Crippen molar-refractivity contribution in [1.29, 1.82) is 0 Å². The summed E-state index contributed by atoms with van der Waals surface area (Å²) in [6.45, 7) is 1.99. The van der Waals surface area contributed by atoms with E-state index in [2.05, 4.69) is 10.1 Å². The monoisotopic (exact) mass is 272 g/mol. The molecule has 0 aliphatic rings. The quantitative estimate of drug-likeness (QED) is 0.787. The Hall–Kier alpha value is -1.49. The SMILES string of the molecule is CCCC(Cl)c1noc(-c2ccc(F)c(F)c2)n1. The van der Waals surface area contributed by atoms with Crippen molar-refractivity contribution in [2.45, 2.75) is 25.1 Å². The number of hydrogen-bond acceptors (Lipinski definition) is 3. The Morgan fingerprint density at radius 3 is 2.78 bits per heavy atom. The highest BCUT2D eigenvalue weighted by molar-refractivity contribution is 6.20. The van der Waals surface area contributed by atoms with Crippen LogP contribution >= 0.6 is 11.6 Å². The second kappa shape index (κ2) is 5.44. The minimum atomic E-state index is -0.955. The van der Waals surface area contributed by atoms with Crippen molar-refractivity contribution in [1.82, 2.24) is 10.1 Å². The molecule has 0 radical (unpaired) electrons. The Bertz CT molecular complexity index is 545. The van der Waals surface area contributed by atoms with Gasteiger partial charge in [0.15, 0.2) is 17.5 Å². The van der Waals surface area contributed by atoms with Crippen molar-refractivity contribution in [3.05, 3.63) is 35.7 Å². The van der Waals surface area contributed by atoms with Gasteiger partial charge in [-0.15, -0.1) is 11.6 Å². The molecule has 0 fully saturated rings. The minimum Gasteiger partial charge on any atom is -0.334 e. The number of benzene rings is 1. The van der Waals surface area contributed by atoms with E-state index in [0.717, 1.165) is 25.0 Å². The molecule has 2 rings (SSSR count). The normalized spacial score (nSPS) is 12.7. The third-order valence-corrected chi connectivity index (χ3v) is 2.84. The summed E-state index contributed by atoms with van der Waals surface area (Å²) in [5, 5.41) is 3.39. The lowest BCUT2D eigenvalue weighted by Gasteiger charge is -1.99. The predicted octanol–water partition coefficient (Wildman–Crippen LogP) is 4.09. The van der Waals surface area contributed by atoms with E-state index in [4.69, 9.17) is 16.1 Å². The number of aromatic nitrogens is 2. The van der Waals surface area contributed by atoms with Gasteiger partial charge in [-0.3, -0.25) is 0 Å². The molecule has 0 spiro atoms. The Morgan fingerprint density at radius 1 is 1.33 bits per heavy atom. The Balaban J connectivity index is 2.26. The number of hydrogen-bond donors (Lipinski definition) is 0. The second-order valence-electron chi connectivity index (χ2n) is 3.84. The van der Waals surface area contributed by atoms with Gasteiger partial charge in [-0.05, 0) is 24.6 Å². The van der Waals surface area contributed by atoms with Gasteiger partial charge >= 0.3 is 0 Å². The van der Waals surface area contributed by atoms with Crippen molar-refractivity contribution < 1.29 is 13.3 Å². The molecule has 1 atom stereocenters. The van der Waals surface area contributed by atoms with E-state index in [1.54, 1.807) is 0 Å². The van der Waals surface area contributed by atoms with Crippen LogP contribution in [0.15, 0.2) is 22.7 Å². The van der Waals surface area contributed by atoms with Crippen LogP contribution in [0.3, 0.4) is 0 Å².